The third kappa shape index (κ3) is 3.97. The van der Waals surface area contributed by atoms with Crippen molar-refractivity contribution >= 4 is 17.6 Å². The molecule has 1 aliphatic rings. The number of benzene rings is 2. The molecule has 1 unspecified atom stereocenters. The van der Waals surface area contributed by atoms with Gasteiger partial charge in [0.1, 0.15) is 17.8 Å². The highest BCUT2D eigenvalue weighted by molar-refractivity contribution is 6.06. The number of esters is 2. The second kappa shape index (κ2) is 9.48. The van der Waals surface area contributed by atoms with Crippen molar-refractivity contribution in [3.63, 3.8) is 0 Å². The summed E-state index contributed by atoms with van der Waals surface area (Å²) in [7, 11) is 2.39. The van der Waals surface area contributed by atoms with E-state index < -0.39 is 17.9 Å². The fourth-order valence-electron chi connectivity index (χ4n) is 4.04. The molecular weight excluding hydrogens is 450 g/mol. The summed E-state index contributed by atoms with van der Waals surface area (Å²) in [5.74, 6) is -2.65. The van der Waals surface area contributed by atoms with Gasteiger partial charge in [0.2, 0.25) is 0 Å². The summed E-state index contributed by atoms with van der Waals surface area (Å²) in [5, 5.41) is 21.5. The molecule has 11 nitrogen and oxygen atoms in total. The predicted octanol–water partition coefficient (Wildman–Crippen LogP) is 1.87. The van der Waals surface area contributed by atoms with Crippen molar-refractivity contribution in [3.8, 4) is 11.8 Å². The lowest BCUT2D eigenvalue weighted by atomic mass is 9.81. The molecule has 4 rings (SSSR count). The van der Waals surface area contributed by atoms with E-state index in [4.69, 9.17) is 15.2 Å². The summed E-state index contributed by atoms with van der Waals surface area (Å²) < 4.78 is 11.5. The van der Waals surface area contributed by atoms with E-state index in [2.05, 4.69) is 21.6 Å². The van der Waals surface area contributed by atoms with Gasteiger partial charge in [-0.05, 0) is 40.6 Å². The minimum absolute atomic E-state index is 0.0469. The average molecular weight is 471 g/mol. The van der Waals surface area contributed by atoms with Gasteiger partial charge in [0.25, 0.3) is 0 Å². The number of tetrazole rings is 1. The van der Waals surface area contributed by atoms with E-state index >= 15 is 0 Å². The Balaban J connectivity index is 2.11. The fourth-order valence-corrected chi connectivity index (χ4v) is 4.04. The highest BCUT2D eigenvalue weighted by Gasteiger charge is 2.43. The highest BCUT2D eigenvalue weighted by Crippen LogP contribution is 2.44. The Bertz CT molecular complexity index is 1390. The minimum atomic E-state index is -0.958. The van der Waals surface area contributed by atoms with Gasteiger partial charge in [-0.1, -0.05) is 36.4 Å². The van der Waals surface area contributed by atoms with Gasteiger partial charge >= 0.3 is 11.9 Å². The zero-order valence-corrected chi connectivity index (χ0v) is 19.2. The number of hydrogen-bond acceptors (Lipinski definition) is 10. The Morgan fingerprint density at radius 2 is 1.77 bits per heavy atom. The molecule has 0 radical (unpaired) electrons. The maximum Gasteiger partial charge on any atom is 0.355 e. The molecule has 1 aromatic heterocycles. The number of hydrogen-bond donors (Lipinski definition) is 1. The van der Waals surface area contributed by atoms with Crippen molar-refractivity contribution in [2.24, 2.45) is 5.73 Å². The molecule has 1 aliphatic heterocycles. The first kappa shape index (κ1) is 23.2. The Hall–Kier alpha value is -4.98. The van der Waals surface area contributed by atoms with Crippen LogP contribution in [0.15, 0.2) is 77.5 Å². The van der Waals surface area contributed by atoms with E-state index in [9.17, 15) is 14.9 Å². The zero-order valence-electron chi connectivity index (χ0n) is 19.2. The van der Waals surface area contributed by atoms with Crippen molar-refractivity contribution in [1.82, 2.24) is 20.2 Å². The third-order valence-corrected chi connectivity index (χ3v) is 5.58. The molecule has 0 bridgehead atoms. The van der Waals surface area contributed by atoms with Crippen LogP contribution in [0.1, 0.15) is 17.0 Å². The summed E-state index contributed by atoms with van der Waals surface area (Å²) in [6.45, 7) is 1.84. The zero-order chi connectivity index (χ0) is 25.1. The summed E-state index contributed by atoms with van der Waals surface area (Å²) in [4.78, 5) is 27.7. The fraction of sp³-hybridized carbons (Fsp3) is 0.167. The smallest absolute Gasteiger partial charge is 0.355 e. The summed E-state index contributed by atoms with van der Waals surface area (Å²) in [6.07, 6.45) is 1.37. The first-order chi connectivity index (χ1) is 16.9. The molecule has 2 heterocycles. The number of aryl methyl sites for hydroxylation is 1. The lowest BCUT2D eigenvalue weighted by Gasteiger charge is -2.36. The molecule has 0 saturated carbocycles. The first-order valence-corrected chi connectivity index (χ1v) is 10.4. The number of nitriles is 1. The molecule has 1 atom stereocenters. The number of nitrogens with two attached hydrogens (primary N) is 1. The highest BCUT2D eigenvalue weighted by atomic mass is 16.5. The summed E-state index contributed by atoms with van der Waals surface area (Å²) in [6, 6.07) is 16.2. The Kier molecular flexibility index (Phi) is 6.28. The monoisotopic (exact) mass is 471 g/mol. The molecule has 11 heteroatoms. The Morgan fingerprint density at radius 1 is 1.06 bits per heavy atom. The van der Waals surface area contributed by atoms with Crippen LogP contribution in [0.2, 0.25) is 0 Å². The number of ether oxygens (including phenoxy) is 2. The molecule has 2 aromatic carbocycles. The van der Waals surface area contributed by atoms with E-state index in [1.807, 2.05) is 13.0 Å². The van der Waals surface area contributed by atoms with E-state index in [1.54, 1.807) is 42.5 Å². The molecule has 176 valence electrons. The molecule has 0 fully saturated rings. The van der Waals surface area contributed by atoms with Crippen LogP contribution >= 0.6 is 0 Å². The molecule has 0 amide bonds. The van der Waals surface area contributed by atoms with Gasteiger partial charge in [-0.3, -0.25) is 4.90 Å². The second-order valence-electron chi connectivity index (χ2n) is 7.58. The average Bonchev–Trinajstić information content (AvgIpc) is 3.42. The van der Waals surface area contributed by atoms with Crippen LogP contribution in [0.5, 0.6) is 0 Å². The molecule has 2 N–H and O–H groups in total. The van der Waals surface area contributed by atoms with Crippen LogP contribution in [-0.4, -0.2) is 46.4 Å². The SMILES string of the molecule is COC(=O)C1=C(C(=O)OC)N(c2cc(C)ccc2-n2cnnn2)C(N)=C(C#N)C1c1ccccc1. The van der Waals surface area contributed by atoms with E-state index in [0.29, 0.717) is 16.9 Å². The molecule has 0 spiro atoms. The number of anilines is 1. The quantitative estimate of drug-likeness (QED) is 0.546. The standard InChI is InChI=1S/C24H21N7O4/c1-14-9-10-17(30-13-27-28-29-30)18(11-14)31-21(24(33)35-3)20(23(32)34-2)19(16(12-25)22(31)26)15-7-5-4-6-8-15/h4-11,13,19H,26H2,1-3H3. The third-order valence-electron chi connectivity index (χ3n) is 5.58. The number of allylic oxidation sites excluding steroid dienone is 1. The van der Waals surface area contributed by atoms with Gasteiger partial charge in [-0.15, -0.1) is 5.10 Å². The number of nitrogens with zero attached hydrogens (tertiary/aromatic N) is 6. The van der Waals surface area contributed by atoms with Gasteiger partial charge in [0.15, 0.2) is 0 Å². The summed E-state index contributed by atoms with van der Waals surface area (Å²) >= 11 is 0. The lowest BCUT2D eigenvalue weighted by Crippen LogP contribution is -2.41. The van der Waals surface area contributed by atoms with Gasteiger partial charge in [0, 0.05) is 0 Å². The second-order valence-corrected chi connectivity index (χ2v) is 7.58. The number of methoxy groups -OCH3 is 2. The van der Waals surface area contributed by atoms with E-state index in [-0.39, 0.29) is 22.7 Å². The maximum atomic E-state index is 13.2. The Labute approximate surface area is 200 Å². The minimum Gasteiger partial charge on any atom is -0.466 e. The maximum absolute atomic E-state index is 13.2. The molecule has 0 saturated heterocycles. The van der Waals surface area contributed by atoms with Crippen molar-refractivity contribution < 1.29 is 19.1 Å². The van der Waals surface area contributed by atoms with Crippen molar-refractivity contribution in [2.75, 3.05) is 19.1 Å². The normalized spacial score (nSPS) is 15.6. The van der Waals surface area contributed by atoms with Gasteiger partial charge in [-0.2, -0.15) is 9.94 Å². The number of carbonyl (C=O) groups is 2. The molecule has 35 heavy (non-hydrogen) atoms. The Morgan fingerprint density at radius 3 is 2.37 bits per heavy atom. The number of carbonyl (C=O) groups excluding carboxylic acids is 2. The van der Waals surface area contributed by atoms with Crippen LogP contribution in [0.25, 0.3) is 5.69 Å². The van der Waals surface area contributed by atoms with Gasteiger partial charge in [0.05, 0.1) is 48.7 Å². The van der Waals surface area contributed by atoms with Crippen molar-refractivity contribution in [2.45, 2.75) is 12.8 Å². The van der Waals surface area contributed by atoms with Gasteiger partial charge < -0.3 is 15.2 Å². The van der Waals surface area contributed by atoms with Crippen molar-refractivity contribution in [3.05, 3.63) is 88.6 Å². The first-order valence-electron chi connectivity index (χ1n) is 10.4. The largest absolute Gasteiger partial charge is 0.466 e. The predicted molar refractivity (Wildman–Crippen MR) is 123 cm³/mol. The van der Waals surface area contributed by atoms with Crippen LogP contribution < -0.4 is 10.6 Å². The van der Waals surface area contributed by atoms with Crippen LogP contribution in [0.4, 0.5) is 5.69 Å². The van der Waals surface area contributed by atoms with Gasteiger partial charge in [-0.25, -0.2) is 9.59 Å². The number of aromatic nitrogens is 4. The lowest BCUT2D eigenvalue weighted by molar-refractivity contribution is -0.139. The van der Waals surface area contributed by atoms with Crippen molar-refractivity contribution in [1.29, 1.82) is 5.26 Å². The van der Waals surface area contributed by atoms with Crippen LogP contribution in [0, 0.1) is 18.3 Å². The van der Waals surface area contributed by atoms with E-state index in [0.717, 1.165) is 5.56 Å². The van der Waals surface area contributed by atoms with Crippen LogP contribution in [0.3, 0.4) is 0 Å². The molecule has 3 aromatic rings. The van der Waals surface area contributed by atoms with E-state index in [1.165, 1.54) is 30.1 Å². The topological polar surface area (TPSA) is 149 Å². The summed E-state index contributed by atoms with van der Waals surface area (Å²) in [5.41, 5.74) is 8.59. The molecular formula is C24H21N7O4. The number of rotatable bonds is 5. The molecule has 0 aliphatic carbocycles. The van der Waals surface area contributed by atoms with Crippen LogP contribution in [-0.2, 0) is 19.1 Å².